The molecule has 10 nitrogen and oxygen atoms in total. The predicted octanol–water partition coefficient (Wildman–Crippen LogP) is 8.29. The van der Waals surface area contributed by atoms with Gasteiger partial charge in [-0.3, -0.25) is 9.59 Å². The number of nitrogens with one attached hydrogen (secondary N) is 1. The fraction of sp³-hybridized carbons (Fsp3) is 0.444. The zero-order valence-electron chi connectivity index (χ0n) is 29.1. The highest BCUT2D eigenvalue weighted by molar-refractivity contribution is 6.30. The van der Waals surface area contributed by atoms with E-state index in [1.54, 1.807) is 30.3 Å². The summed E-state index contributed by atoms with van der Waals surface area (Å²) in [6, 6.07) is 12.8. The Bertz CT molecular complexity index is 1530. The summed E-state index contributed by atoms with van der Waals surface area (Å²) >= 11 is 6.23. The maximum absolute atomic E-state index is 14.3. The number of fused-ring (bicyclic) bond motifs is 1. The first-order chi connectivity index (χ1) is 23.5. The van der Waals surface area contributed by atoms with Crippen molar-refractivity contribution in [1.29, 1.82) is 0 Å². The number of methoxy groups -OCH3 is 1. The predicted molar refractivity (Wildman–Crippen MR) is 187 cm³/mol. The number of ether oxygens (including phenoxy) is 4. The summed E-state index contributed by atoms with van der Waals surface area (Å²) in [5, 5.41) is 19.9. The molecular weight excluding hydrogens is 681 g/mol. The molecule has 14 heteroatoms. The molecule has 1 atom stereocenters. The van der Waals surface area contributed by atoms with Crippen LogP contribution in [0.2, 0.25) is 5.02 Å². The maximum atomic E-state index is 14.3. The van der Waals surface area contributed by atoms with Crippen molar-refractivity contribution in [2.45, 2.75) is 66.3 Å². The fourth-order valence-corrected chi connectivity index (χ4v) is 4.76. The van der Waals surface area contributed by atoms with Crippen LogP contribution in [0.15, 0.2) is 54.6 Å². The van der Waals surface area contributed by atoms with E-state index in [0.717, 1.165) is 12.8 Å². The van der Waals surface area contributed by atoms with Crippen molar-refractivity contribution in [3.8, 4) is 23.0 Å². The largest absolute Gasteiger partial charge is 0.573 e. The van der Waals surface area contributed by atoms with Gasteiger partial charge < -0.3 is 39.4 Å². The van der Waals surface area contributed by atoms with Crippen LogP contribution in [0.25, 0.3) is 0 Å². The van der Waals surface area contributed by atoms with E-state index in [-0.39, 0.29) is 32.0 Å². The zero-order valence-corrected chi connectivity index (χ0v) is 29.9. The molecule has 0 bridgehead atoms. The first-order valence-electron chi connectivity index (χ1n) is 15.9. The summed E-state index contributed by atoms with van der Waals surface area (Å²) in [4.78, 5) is 24.0. The van der Waals surface area contributed by atoms with Crippen LogP contribution in [0.4, 0.5) is 24.5 Å². The van der Waals surface area contributed by atoms with Crippen LogP contribution >= 0.6 is 11.6 Å². The monoisotopic (exact) mass is 726 g/mol. The highest BCUT2D eigenvalue weighted by Gasteiger charge is 2.35. The lowest BCUT2D eigenvalue weighted by Gasteiger charge is -2.28. The number of alkyl halides is 3. The minimum absolute atomic E-state index is 0.0481. The zero-order chi connectivity index (χ0) is 37.5. The van der Waals surface area contributed by atoms with Gasteiger partial charge in [0.05, 0.1) is 26.0 Å². The average molecular weight is 727 g/mol. The molecule has 0 saturated heterocycles. The Morgan fingerprint density at radius 3 is 2.26 bits per heavy atom. The molecular formula is C36H46ClF3N2O8. The number of aliphatic hydroxyl groups excluding tert-OH is 1. The molecule has 3 aromatic carbocycles. The van der Waals surface area contributed by atoms with Crippen molar-refractivity contribution in [2.75, 3.05) is 43.7 Å². The van der Waals surface area contributed by atoms with Gasteiger partial charge in [-0.2, -0.15) is 0 Å². The van der Waals surface area contributed by atoms with Gasteiger partial charge in [-0.25, -0.2) is 0 Å². The van der Waals surface area contributed by atoms with Gasteiger partial charge in [0.1, 0.15) is 35.6 Å². The molecule has 0 fully saturated rings. The van der Waals surface area contributed by atoms with Gasteiger partial charge in [0.15, 0.2) is 0 Å². The molecule has 0 aromatic heterocycles. The van der Waals surface area contributed by atoms with Crippen molar-refractivity contribution in [2.24, 2.45) is 5.41 Å². The summed E-state index contributed by atoms with van der Waals surface area (Å²) in [5.41, 5.74) is 2.42. The Morgan fingerprint density at radius 1 is 1.00 bits per heavy atom. The molecule has 0 aliphatic carbocycles. The van der Waals surface area contributed by atoms with Crippen molar-refractivity contribution >= 4 is 35.4 Å². The number of carbonyl (C=O) groups is 2. The minimum atomic E-state index is -4.88. The molecule has 0 spiro atoms. The Hall–Kier alpha value is -4.36. The van der Waals surface area contributed by atoms with E-state index in [4.69, 9.17) is 35.7 Å². The Balaban J connectivity index is 0.000000979. The summed E-state index contributed by atoms with van der Waals surface area (Å²) in [5.74, 6) is 0.407. The number of unbranched alkanes of at least 4 members (excludes halogenated alkanes) is 1. The molecule has 3 N–H and O–H groups in total. The Kier molecular flexibility index (Phi) is 16.5. The van der Waals surface area contributed by atoms with Crippen LogP contribution in [0.1, 0.15) is 64.6 Å². The number of benzene rings is 3. The lowest BCUT2D eigenvalue weighted by molar-refractivity contribution is -0.274. The first-order valence-corrected chi connectivity index (χ1v) is 16.3. The number of hydrogen-bond acceptors (Lipinski definition) is 8. The van der Waals surface area contributed by atoms with Crippen molar-refractivity contribution in [1.82, 2.24) is 0 Å². The number of amides is 1. The van der Waals surface area contributed by atoms with Crippen molar-refractivity contribution in [3.63, 3.8) is 0 Å². The summed E-state index contributed by atoms with van der Waals surface area (Å²) in [6.45, 7) is 11.0. The second kappa shape index (κ2) is 19.7. The molecule has 3 aromatic rings. The molecule has 4 rings (SSSR count). The maximum Gasteiger partial charge on any atom is 0.573 e. The number of aliphatic hydroxyl groups is 1. The fourth-order valence-electron chi connectivity index (χ4n) is 4.60. The van der Waals surface area contributed by atoms with E-state index < -0.39 is 24.1 Å². The second-order valence-corrected chi connectivity index (χ2v) is 13.1. The van der Waals surface area contributed by atoms with Crippen LogP contribution in [0, 0.1) is 5.41 Å². The van der Waals surface area contributed by atoms with Crippen molar-refractivity contribution < 1.29 is 51.9 Å². The van der Waals surface area contributed by atoms with E-state index >= 15 is 0 Å². The van der Waals surface area contributed by atoms with Gasteiger partial charge in [0.25, 0.3) is 12.4 Å². The van der Waals surface area contributed by atoms with E-state index in [2.05, 4.69) is 44.7 Å². The van der Waals surface area contributed by atoms with Crippen LogP contribution in [0.3, 0.4) is 0 Å². The summed E-state index contributed by atoms with van der Waals surface area (Å²) in [7, 11) is 1.51. The third-order valence-corrected chi connectivity index (χ3v) is 6.76. The molecule has 0 saturated carbocycles. The normalized spacial score (nSPS) is 12.7. The van der Waals surface area contributed by atoms with Crippen LogP contribution < -0.4 is 29.2 Å². The molecule has 0 radical (unpaired) electrons. The van der Waals surface area contributed by atoms with Crippen LogP contribution in [-0.2, 0) is 16.0 Å². The van der Waals surface area contributed by atoms with E-state index in [1.165, 1.54) is 36.3 Å². The summed E-state index contributed by atoms with van der Waals surface area (Å²) < 4.78 is 60.0. The van der Waals surface area contributed by atoms with E-state index in [9.17, 15) is 23.1 Å². The van der Waals surface area contributed by atoms with E-state index in [1.807, 2.05) is 0 Å². The lowest BCUT2D eigenvalue weighted by atomic mass is 10.0. The van der Waals surface area contributed by atoms with E-state index in [0.29, 0.717) is 57.5 Å². The van der Waals surface area contributed by atoms with Gasteiger partial charge in [-0.1, -0.05) is 64.8 Å². The quantitative estimate of drug-likeness (QED) is 0.118. The number of nitrogens with zero attached hydrogens (tertiary/aromatic N) is 1. The smallest absolute Gasteiger partial charge is 0.497 e. The molecule has 1 amide bonds. The van der Waals surface area contributed by atoms with Gasteiger partial charge >= 0.3 is 6.36 Å². The highest BCUT2D eigenvalue weighted by atomic mass is 35.5. The standard InChI is InChI=1S/C30H32ClF3N2O6.C5H12.CH2O2/c1-3-4-12-40-24-16-21(15-23(17-24)39-2)35-28(25-8-6-20(31)14-27(25)41-13-11-37)29(38)36-10-9-19-5-7-22(18-26(19)36)42-30(32,33)34;1-5(2,3)4;2-1-3/h5-8,14-18,28,35,37H,3-4,9-13H2,1-2H3;1-4H3;1H,(H,2,3). The number of carbonyl (C=O) groups excluding carboxylic acids is 1. The van der Waals surface area contributed by atoms with Crippen LogP contribution in [0.5, 0.6) is 23.0 Å². The Morgan fingerprint density at radius 2 is 1.66 bits per heavy atom. The number of carboxylic acid groups (broad SMARTS) is 1. The van der Waals surface area contributed by atoms with Gasteiger partial charge in [-0.15, -0.1) is 13.2 Å². The average Bonchev–Trinajstić information content (AvgIpc) is 3.45. The summed E-state index contributed by atoms with van der Waals surface area (Å²) in [6.07, 6.45) is -2.63. The molecule has 1 unspecified atom stereocenters. The lowest BCUT2D eigenvalue weighted by Crippen LogP contribution is -2.37. The topological polar surface area (TPSA) is 127 Å². The van der Waals surface area contributed by atoms with Crippen molar-refractivity contribution in [3.05, 3.63) is 70.7 Å². The SMILES string of the molecule is CC(C)(C)C.CCCCOc1cc(NC(C(=O)N2CCc3ccc(OC(F)(F)F)cc32)c2ccc(Cl)cc2OCCO)cc(OC)c1.O=CO. The molecule has 50 heavy (non-hydrogen) atoms. The molecule has 1 heterocycles. The Labute approximate surface area is 296 Å². The third-order valence-electron chi connectivity index (χ3n) is 6.53. The number of anilines is 2. The number of halogens is 4. The van der Waals surface area contributed by atoms with Crippen LogP contribution in [-0.4, -0.2) is 62.4 Å². The molecule has 1 aliphatic heterocycles. The van der Waals surface area contributed by atoms with Gasteiger partial charge in [-0.05, 0) is 42.0 Å². The minimum Gasteiger partial charge on any atom is -0.497 e. The third kappa shape index (κ3) is 14.2. The number of hydrogen-bond donors (Lipinski definition) is 3. The van der Waals surface area contributed by atoms with Gasteiger partial charge in [0, 0.05) is 47.1 Å². The second-order valence-electron chi connectivity index (χ2n) is 12.6. The molecule has 276 valence electrons. The molecule has 1 aliphatic rings. The first kappa shape index (κ1) is 41.8. The van der Waals surface area contributed by atoms with Gasteiger partial charge in [0.2, 0.25) is 0 Å². The highest BCUT2D eigenvalue weighted by Crippen LogP contribution is 2.39. The number of rotatable bonds is 13.